The third kappa shape index (κ3) is 1.52. The molecule has 0 aliphatic heterocycles. The van der Waals surface area contributed by atoms with Crippen molar-refractivity contribution in [3.63, 3.8) is 0 Å². The van der Waals surface area contributed by atoms with Gasteiger partial charge in [0, 0.05) is 6.07 Å². The molecule has 0 spiro atoms. The van der Waals surface area contributed by atoms with Crippen LogP contribution >= 0.6 is 0 Å². The highest BCUT2D eigenvalue weighted by molar-refractivity contribution is 5.58. The van der Waals surface area contributed by atoms with Crippen LogP contribution in [0.1, 0.15) is 0 Å². The summed E-state index contributed by atoms with van der Waals surface area (Å²) in [6, 6.07) is 11.0. The molecule has 3 rings (SSSR count). The van der Waals surface area contributed by atoms with Crippen LogP contribution in [0.25, 0.3) is 17.0 Å². The van der Waals surface area contributed by atoms with Crippen LogP contribution in [-0.2, 0) is 0 Å². The largest absolute Gasteiger partial charge is 0.272 e. The predicted octanol–water partition coefficient (Wildman–Crippen LogP) is 1.83. The Labute approximate surface area is 95.3 Å². The van der Waals surface area contributed by atoms with E-state index in [0.717, 1.165) is 0 Å². The molecule has 84 valence electrons. The van der Waals surface area contributed by atoms with E-state index in [1.54, 1.807) is 30.3 Å². The van der Waals surface area contributed by atoms with Gasteiger partial charge in [-0.05, 0) is 18.2 Å². The zero-order valence-electron chi connectivity index (χ0n) is 8.72. The molecule has 0 aliphatic rings. The first-order chi connectivity index (χ1) is 8.25. The van der Waals surface area contributed by atoms with Crippen LogP contribution in [0, 0.1) is 5.82 Å². The summed E-state index contributed by atoms with van der Waals surface area (Å²) in [4.78, 5) is 15.7. The van der Waals surface area contributed by atoms with Crippen LogP contribution in [0.2, 0.25) is 0 Å². The maximum atomic E-state index is 13.6. The minimum Gasteiger partial charge on any atom is -0.272 e. The summed E-state index contributed by atoms with van der Waals surface area (Å²) in [7, 11) is 0. The second-order valence-corrected chi connectivity index (χ2v) is 3.61. The Morgan fingerprint density at radius 3 is 2.71 bits per heavy atom. The van der Waals surface area contributed by atoms with E-state index < -0.39 is 0 Å². The van der Waals surface area contributed by atoms with Crippen molar-refractivity contribution in [2.45, 2.75) is 0 Å². The highest BCUT2D eigenvalue weighted by Crippen LogP contribution is 2.18. The fraction of sp³-hybridized carbons (Fsp3) is 0. The Morgan fingerprint density at radius 1 is 1.12 bits per heavy atom. The number of aromatic amines is 1. The van der Waals surface area contributed by atoms with Gasteiger partial charge in [0.25, 0.3) is 5.56 Å². The summed E-state index contributed by atoms with van der Waals surface area (Å²) < 4.78 is 14.8. The fourth-order valence-corrected chi connectivity index (χ4v) is 1.70. The number of halogens is 1. The summed E-state index contributed by atoms with van der Waals surface area (Å²) >= 11 is 0. The third-order valence-corrected chi connectivity index (χ3v) is 2.51. The molecule has 0 aliphatic carbocycles. The minimum atomic E-state index is -0.375. The number of nitrogens with zero attached hydrogens (tertiary/aromatic N) is 2. The minimum absolute atomic E-state index is 0.224. The zero-order chi connectivity index (χ0) is 11.8. The summed E-state index contributed by atoms with van der Waals surface area (Å²) in [6.45, 7) is 0. The quantitative estimate of drug-likeness (QED) is 0.692. The fourth-order valence-electron chi connectivity index (χ4n) is 1.70. The summed E-state index contributed by atoms with van der Waals surface area (Å²) in [5.74, 6) is -0.0361. The first-order valence-corrected chi connectivity index (χ1v) is 5.08. The number of benzene rings is 1. The van der Waals surface area contributed by atoms with Crippen molar-refractivity contribution in [1.82, 2.24) is 14.6 Å². The molecule has 5 heteroatoms. The summed E-state index contributed by atoms with van der Waals surface area (Å²) in [6.07, 6.45) is 0. The van der Waals surface area contributed by atoms with Crippen LogP contribution in [0.4, 0.5) is 4.39 Å². The number of H-pyrrole nitrogens is 1. The first-order valence-electron chi connectivity index (χ1n) is 5.08. The number of nitrogens with one attached hydrogen (secondary N) is 1. The number of hydrogen-bond acceptors (Lipinski definition) is 2. The third-order valence-electron chi connectivity index (χ3n) is 2.51. The second kappa shape index (κ2) is 3.55. The normalized spacial score (nSPS) is 10.9. The average Bonchev–Trinajstić information content (AvgIpc) is 2.75. The molecule has 0 radical (unpaired) electrons. The highest BCUT2D eigenvalue weighted by Gasteiger charge is 2.09. The van der Waals surface area contributed by atoms with Gasteiger partial charge >= 0.3 is 0 Å². The summed E-state index contributed by atoms with van der Waals surface area (Å²) in [5, 5.41) is 2.77. The van der Waals surface area contributed by atoms with Crippen molar-refractivity contribution in [2.24, 2.45) is 0 Å². The van der Waals surface area contributed by atoms with Crippen LogP contribution in [-0.4, -0.2) is 14.6 Å². The number of aromatic nitrogens is 3. The van der Waals surface area contributed by atoms with E-state index >= 15 is 0 Å². The van der Waals surface area contributed by atoms with E-state index in [1.165, 1.54) is 16.6 Å². The Morgan fingerprint density at radius 2 is 1.94 bits per heavy atom. The molecule has 0 bridgehead atoms. The molecule has 4 nitrogen and oxygen atoms in total. The van der Waals surface area contributed by atoms with E-state index in [9.17, 15) is 9.18 Å². The van der Waals surface area contributed by atoms with Crippen molar-refractivity contribution in [3.05, 3.63) is 58.6 Å². The van der Waals surface area contributed by atoms with Crippen molar-refractivity contribution in [1.29, 1.82) is 0 Å². The monoisotopic (exact) mass is 229 g/mol. The van der Waals surface area contributed by atoms with Crippen molar-refractivity contribution >= 4 is 5.65 Å². The number of hydrogen-bond donors (Lipinski definition) is 1. The van der Waals surface area contributed by atoms with E-state index in [2.05, 4.69) is 10.1 Å². The first kappa shape index (κ1) is 9.77. The van der Waals surface area contributed by atoms with Crippen LogP contribution in [0.3, 0.4) is 0 Å². The van der Waals surface area contributed by atoms with E-state index in [0.29, 0.717) is 17.0 Å². The predicted molar refractivity (Wildman–Crippen MR) is 61.2 cm³/mol. The van der Waals surface area contributed by atoms with Gasteiger partial charge < -0.3 is 0 Å². The molecule has 0 fully saturated rings. The molecule has 1 N–H and O–H groups in total. The Kier molecular flexibility index (Phi) is 2.04. The number of pyridine rings is 1. The second-order valence-electron chi connectivity index (χ2n) is 3.61. The highest BCUT2D eigenvalue weighted by atomic mass is 19.1. The molecule has 1 aromatic carbocycles. The van der Waals surface area contributed by atoms with Crippen LogP contribution in [0.5, 0.6) is 0 Å². The van der Waals surface area contributed by atoms with Gasteiger partial charge in [-0.1, -0.05) is 18.2 Å². The maximum Gasteiger partial charge on any atom is 0.271 e. The van der Waals surface area contributed by atoms with Crippen molar-refractivity contribution in [3.8, 4) is 11.4 Å². The smallest absolute Gasteiger partial charge is 0.271 e. The molecule has 2 heterocycles. The van der Waals surface area contributed by atoms with Crippen molar-refractivity contribution < 1.29 is 4.39 Å². The van der Waals surface area contributed by atoms with Crippen LogP contribution < -0.4 is 5.56 Å². The Balaban J connectivity index is 2.30. The van der Waals surface area contributed by atoms with Crippen LogP contribution in [0.15, 0.2) is 47.3 Å². The van der Waals surface area contributed by atoms with Gasteiger partial charge in [0.15, 0.2) is 11.5 Å². The number of fused-ring (bicyclic) bond motifs is 1. The molecule has 0 atom stereocenters. The average molecular weight is 229 g/mol. The summed E-state index contributed by atoms with van der Waals surface area (Å²) in [5.41, 5.74) is 0.587. The topological polar surface area (TPSA) is 50.2 Å². The Hall–Kier alpha value is -2.43. The van der Waals surface area contributed by atoms with Gasteiger partial charge in [-0.15, -0.1) is 0 Å². The van der Waals surface area contributed by atoms with Crippen molar-refractivity contribution in [2.75, 3.05) is 0 Å². The zero-order valence-corrected chi connectivity index (χ0v) is 8.72. The lowest BCUT2D eigenvalue weighted by atomic mass is 10.2. The Bertz CT molecular complexity index is 745. The van der Waals surface area contributed by atoms with Gasteiger partial charge in [0.1, 0.15) is 5.82 Å². The van der Waals surface area contributed by atoms with Gasteiger partial charge in [-0.3, -0.25) is 9.89 Å². The lowest BCUT2D eigenvalue weighted by Crippen LogP contribution is -2.11. The molecule has 2 aromatic heterocycles. The number of rotatable bonds is 1. The van der Waals surface area contributed by atoms with Gasteiger partial charge in [0.05, 0.1) is 5.56 Å². The van der Waals surface area contributed by atoms with Gasteiger partial charge in [-0.2, -0.15) is 4.52 Å². The standard InChI is InChI=1S/C12H8FN3O/c13-9-5-2-1-4-8(9)12-14-10-6-3-7-11(17)16(10)15-12/h1-7H,(H,14,15). The maximum absolute atomic E-state index is 13.6. The van der Waals surface area contributed by atoms with Gasteiger partial charge in [0.2, 0.25) is 0 Å². The molecule has 0 saturated carbocycles. The molecule has 17 heavy (non-hydrogen) atoms. The lowest BCUT2D eigenvalue weighted by molar-refractivity contribution is 0.630. The van der Waals surface area contributed by atoms with Gasteiger partial charge in [-0.25, -0.2) is 9.37 Å². The SMILES string of the molecule is O=c1cccc2nc(-c3ccccc3F)[nH]n12. The van der Waals surface area contributed by atoms with E-state index in [-0.39, 0.29) is 11.4 Å². The molecule has 3 aromatic rings. The molecular formula is C12H8FN3O. The molecule has 0 amide bonds. The lowest BCUT2D eigenvalue weighted by Gasteiger charge is -1.96. The molecule has 0 unspecified atom stereocenters. The van der Waals surface area contributed by atoms with E-state index in [4.69, 9.17) is 0 Å². The molecular weight excluding hydrogens is 221 g/mol. The van der Waals surface area contributed by atoms with E-state index in [1.807, 2.05) is 0 Å². The molecule has 0 saturated heterocycles.